The molecular weight excluding hydrogens is 586 g/mol. The standard InChI is InChI=1S/C36H37N3O7/c1-36(2)44-24-29-20-27(10-13-32(29)46-36)33-22-39(35(41)45-33)16-14-25-8-11-31(12-9-25)43-18-17-42-23-26-5-3-7-30(19-26)38-34(40)28-6-4-15-37-21-28/h3-13,15,19-21,33H,14,16-18,22-24H2,1-2H3,(H,38,40). The van der Waals surface area contributed by atoms with Crippen molar-refractivity contribution in [2.45, 2.75) is 45.4 Å². The van der Waals surface area contributed by atoms with Crippen molar-refractivity contribution in [3.05, 3.63) is 119 Å². The number of amides is 2. The third-order valence-electron chi connectivity index (χ3n) is 7.74. The molecule has 1 unspecified atom stereocenters. The Bertz CT molecular complexity index is 1660. The fourth-order valence-corrected chi connectivity index (χ4v) is 5.29. The lowest BCUT2D eigenvalue weighted by molar-refractivity contribution is -0.180. The first-order chi connectivity index (χ1) is 22.3. The van der Waals surface area contributed by atoms with Gasteiger partial charge in [0.25, 0.3) is 5.91 Å². The molecule has 2 aliphatic heterocycles. The molecular formula is C36H37N3O7. The lowest BCUT2D eigenvalue weighted by Gasteiger charge is -2.32. The molecule has 0 bridgehead atoms. The topological polar surface area (TPSA) is 108 Å². The molecule has 3 heterocycles. The highest BCUT2D eigenvalue weighted by molar-refractivity contribution is 6.04. The second-order valence-electron chi connectivity index (χ2n) is 11.7. The minimum atomic E-state index is -0.650. The molecule has 10 heteroatoms. The van der Waals surface area contributed by atoms with Gasteiger partial charge in [-0.25, -0.2) is 4.79 Å². The Morgan fingerprint density at radius 1 is 1.02 bits per heavy atom. The van der Waals surface area contributed by atoms with Crippen LogP contribution in [0.3, 0.4) is 0 Å². The number of rotatable bonds is 12. The van der Waals surface area contributed by atoms with E-state index in [-0.39, 0.29) is 18.1 Å². The zero-order chi connectivity index (χ0) is 31.9. The van der Waals surface area contributed by atoms with Crippen LogP contribution in [0.2, 0.25) is 0 Å². The van der Waals surface area contributed by atoms with Gasteiger partial charge in [0.2, 0.25) is 5.79 Å². The summed E-state index contributed by atoms with van der Waals surface area (Å²) < 4.78 is 28.9. The van der Waals surface area contributed by atoms with E-state index in [1.165, 1.54) is 6.20 Å². The quantitative estimate of drug-likeness (QED) is 0.183. The minimum absolute atomic E-state index is 0.213. The maximum atomic E-state index is 12.6. The van der Waals surface area contributed by atoms with Gasteiger partial charge in [-0.05, 0) is 71.6 Å². The monoisotopic (exact) mass is 623 g/mol. The molecule has 1 atom stereocenters. The van der Waals surface area contributed by atoms with Crippen molar-refractivity contribution in [2.75, 3.05) is 31.6 Å². The normalized spacial score (nSPS) is 16.7. The molecule has 1 saturated heterocycles. The largest absolute Gasteiger partial charge is 0.491 e. The van der Waals surface area contributed by atoms with Crippen molar-refractivity contribution in [1.82, 2.24) is 9.88 Å². The minimum Gasteiger partial charge on any atom is -0.491 e. The van der Waals surface area contributed by atoms with Crippen LogP contribution in [0.4, 0.5) is 10.5 Å². The molecule has 1 N–H and O–H groups in total. The van der Waals surface area contributed by atoms with E-state index >= 15 is 0 Å². The summed E-state index contributed by atoms with van der Waals surface area (Å²) in [5, 5.41) is 2.88. The van der Waals surface area contributed by atoms with Crippen molar-refractivity contribution in [2.24, 2.45) is 0 Å². The maximum absolute atomic E-state index is 12.6. The highest BCUT2D eigenvalue weighted by Gasteiger charge is 2.33. The number of nitrogens with zero attached hydrogens (tertiary/aromatic N) is 2. The molecule has 2 amide bonds. The van der Waals surface area contributed by atoms with Crippen molar-refractivity contribution in [1.29, 1.82) is 0 Å². The third-order valence-corrected chi connectivity index (χ3v) is 7.74. The van der Waals surface area contributed by atoms with E-state index in [0.29, 0.717) is 57.2 Å². The third kappa shape index (κ3) is 8.01. The summed E-state index contributed by atoms with van der Waals surface area (Å²) >= 11 is 0. The van der Waals surface area contributed by atoms with Crippen LogP contribution in [-0.2, 0) is 33.8 Å². The van der Waals surface area contributed by atoms with E-state index in [9.17, 15) is 9.59 Å². The van der Waals surface area contributed by atoms with Crippen molar-refractivity contribution in [3.63, 3.8) is 0 Å². The predicted molar refractivity (Wildman–Crippen MR) is 171 cm³/mol. The van der Waals surface area contributed by atoms with E-state index in [4.69, 9.17) is 23.7 Å². The molecule has 1 fully saturated rings. The van der Waals surface area contributed by atoms with E-state index in [1.807, 2.05) is 80.6 Å². The molecule has 238 valence electrons. The Balaban J connectivity index is 0.900. The van der Waals surface area contributed by atoms with Crippen LogP contribution in [0.15, 0.2) is 91.3 Å². The number of nitrogens with one attached hydrogen (secondary N) is 1. The van der Waals surface area contributed by atoms with Crippen LogP contribution in [0.5, 0.6) is 11.5 Å². The maximum Gasteiger partial charge on any atom is 0.410 e. The van der Waals surface area contributed by atoms with Crippen LogP contribution in [0, 0.1) is 0 Å². The van der Waals surface area contributed by atoms with Gasteiger partial charge in [0.1, 0.15) is 24.2 Å². The molecule has 3 aromatic carbocycles. The highest BCUT2D eigenvalue weighted by atomic mass is 16.7. The number of carbonyl (C=O) groups is 2. The lowest BCUT2D eigenvalue weighted by Crippen LogP contribution is -2.35. The number of pyridine rings is 1. The van der Waals surface area contributed by atoms with Crippen LogP contribution in [0.25, 0.3) is 0 Å². The van der Waals surface area contributed by atoms with Crippen molar-refractivity contribution < 1.29 is 33.3 Å². The molecule has 0 saturated carbocycles. The summed E-state index contributed by atoms with van der Waals surface area (Å²) in [5.41, 5.74) is 5.12. The molecule has 6 rings (SSSR count). The van der Waals surface area contributed by atoms with Crippen LogP contribution in [-0.4, -0.2) is 54.0 Å². The smallest absolute Gasteiger partial charge is 0.410 e. The van der Waals surface area contributed by atoms with Gasteiger partial charge in [0.05, 0.1) is 31.9 Å². The summed E-state index contributed by atoms with van der Waals surface area (Å²) in [6.07, 6.45) is 3.23. The zero-order valence-electron chi connectivity index (χ0n) is 25.9. The fraction of sp³-hybridized carbons (Fsp3) is 0.306. The van der Waals surface area contributed by atoms with E-state index in [2.05, 4.69) is 10.3 Å². The Morgan fingerprint density at radius 3 is 2.72 bits per heavy atom. The van der Waals surface area contributed by atoms with Gasteiger partial charge in [0, 0.05) is 44.0 Å². The number of hydrogen-bond acceptors (Lipinski definition) is 8. The summed E-state index contributed by atoms with van der Waals surface area (Å²) in [6, 6.07) is 24.7. The molecule has 0 radical (unpaired) electrons. The van der Waals surface area contributed by atoms with Crippen LogP contribution in [0.1, 0.15) is 52.6 Å². The van der Waals surface area contributed by atoms with Gasteiger partial charge in [-0.1, -0.05) is 30.3 Å². The van der Waals surface area contributed by atoms with Gasteiger partial charge in [0.15, 0.2) is 0 Å². The highest BCUT2D eigenvalue weighted by Crippen LogP contribution is 2.35. The number of aromatic nitrogens is 1. The Labute approximate surface area is 268 Å². The van der Waals surface area contributed by atoms with Crippen molar-refractivity contribution in [3.8, 4) is 11.5 Å². The first-order valence-electron chi connectivity index (χ1n) is 15.3. The second-order valence-corrected chi connectivity index (χ2v) is 11.7. The van der Waals surface area contributed by atoms with E-state index in [0.717, 1.165) is 33.8 Å². The molecule has 0 aliphatic carbocycles. The molecule has 10 nitrogen and oxygen atoms in total. The molecule has 46 heavy (non-hydrogen) atoms. The molecule has 2 aliphatic rings. The first kappa shape index (κ1) is 31.1. The number of fused-ring (bicyclic) bond motifs is 1. The van der Waals surface area contributed by atoms with Crippen LogP contribution >= 0.6 is 0 Å². The average molecular weight is 624 g/mol. The van der Waals surface area contributed by atoms with Gasteiger partial charge in [-0.15, -0.1) is 0 Å². The average Bonchev–Trinajstić information content (AvgIpc) is 3.44. The number of hydrogen-bond donors (Lipinski definition) is 1. The molecule has 0 spiro atoms. The first-order valence-corrected chi connectivity index (χ1v) is 15.3. The molecule has 4 aromatic rings. The van der Waals surface area contributed by atoms with Gasteiger partial charge >= 0.3 is 6.09 Å². The van der Waals surface area contributed by atoms with Crippen LogP contribution < -0.4 is 14.8 Å². The number of anilines is 1. The summed E-state index contributed by atoms with van der Waals surface area (Å²) in [4.78, 5) is 30.7. The number of ether oxygens (including phenoxy) is 5. The fourth-order valence-electron chi connectivity index (χ4n) is 5.29. The van der Waals surface area contributed by atoms with Gasteiger partial charge < -0.3 is 33.9 Å². The zero-order valence-corrected chi connectivity index (χ0v) is 25.9. The lowest BCUT2D eigenvalue weighted by atomic mass is 10.0. The van der Waals surface area contributed by atoms with E-state index < -0.39 is 5.79 Å². The van der Waals surface area contributed by atoms with Crippen molar-refractivity contribution >= 4 is 17.7 Å². The Hall–Kier alpha value is -4.93. The summed E-state index contributed by atoms with van der Waals surface area (Å²) in [7, 11) is 0. The second kappa shape index (κ2) is 14.0. The number of benzene rings is 3. The Kier molecular flexibility index (Phi) is 9.46. The summed E-state index contributed by atoms with van der Waals surface area (Å²) in [5.74, 6) is 0.684. The van der Waals surface area contributed by atoms with Gasteiger partial charge in [-0.2, -0.15) is 0 Å². The number of carbonyl (C=O) groups excluding carboxylic acids is 2. The summed E-state index contributed by atoms with van der Waals surface area (Å²) in [6.45, 7) is 6.49. The predicted octanol–water partition coefficient (Wildman–Crippen LogP) is 6.31. The SMILES string of the molecule is CC1(C)OCc2cc(C3CN(CCc4ccc(OCCOCc5cccc(NC(=O)c6cccnc6)c5)cc4)C(=O)O3)ccc2O1. The van der Waals surface area contributed by atoms with Gasteiger partial charge in [-0.3, -0.25) is 9.78 Å². The molecule has 1 aromatic heterocycles. The number of cyclic esters (lactones) is 1. The van der Waals surface area contributed by atoms with E-state index in [1.54, 1.807) is 23.2 Å². The Morgan fingerprint density at radius 2 is 1.89 bits per heavy atom.